The molecular formula is C11H8O6. The zero-order valence-electron chi connectivity index (χ0n) is 8.53. The van der Waals surface area contributed by atoms with E-state index in [1.54, 1.807) is 30.3 Å². The highest BCUT2D eigenvalue weighted by molar-refractivity contribution is 5.94. The third-order valence-electron chi connectivity index (χ3n) is 1.57. The van der Waals surface area contributed by atoms with Gasteiger partial charge in [-0.05, 0) is 11.6 Å². The summed E-state index contributed by atoms with van der Waals surface area (Å²) in [6.45, 7) is 0. The van der Waals surface area contributed by atoms with Gasteiger partial charge in [-0.25, -0.2) is 14.4 Å². The molecule has 0 aliphatic rings. The minimum atomic E-state index is -1.84. The van der Waals surface area contributed by atoms with Gasteiger partial charge < -0.3 is 14.6 Å². The molecule has 0 saturated carbocycles. The predicted molar refractivity (Wildman–Crippen MR) is 56.1 cm³/mol. The van der Waals surface area contributed by atoms with Crippen LogP contribution in [-0.4, -0.2) is 23.4 Å². The van der Waals surface area contributed by atoms with Crippen LogP contribution in [0.3, 0.4) is 0 Å². The van der Waals surface area contributed by atoms with E-state index in [9.17, 15) is 14.4 Å². The van der Waals surface area contributed by atoms with Crippen LogP contribution in [0, 0.1) is 0 Å². The first kappa shape index (κ1) is 12.4. The number of esters is 1. The van der Waals surface area contributed by atoms with Gasteiger partial charge in [0.25, 0.3) is 0 Å². The summed E-state index contributed by atoms with van der Waals surface area (Å²) in [7, 11) is 0. The molecule has 1 N–H and O–H groups in total. The fourth-order valence-electron chi connectivity index (χ4n) is 0.937. The molecular weight excluding hydrogens is 228 g/mol. The molecule has 1 aromatic carbocycles. The summed E-state index contributed by atoms with van der Waals surface area (Å²) in [5.74, 6) is -1.01. The molecule has 0 saturated heterocycles. The molecule has 0 spiro atoms. The number of carbonyl (C=O) groups excluding carboxylic acids is 2. The van der Waals surface area contributed by atoms with Crippen LogP contribution in [-0.2, 0) is 14.3 Å². The Bertz CT molecular complexity index is 448. The fraction of sp³-hybridized carbons (Fsp3) is 0. The van der Waals surface area contributed by atoms with Crippen LogP contribution in [0.25, 0.3) is 6.08 Å². The minimum absolute atomic E-state index is 0.732. The van der Waals surface area contributed by atoms with Crippen molar-refractivity contribution < 1.29 is 29.0 Å². The van der Waals surface area contributed by atoms with Crippen LogP contribution in [0.4, 0.5) is 9.59 Å². The summed E-state index contributed by atoms with van der Waals surface area (Å²) in [5, 5.41) is 8.05. The van der Waals surface area contributed by atoms with Crippen molar-refractivity contribution in [3.63, 3.8) is 0 Å². The van der Waals surface area contributed by atoms with E-state index in [0.717, 1.165) is 11.6 Å². The van der Waals surface area contributed by atoms with Crippen molar-refractivity contribution in [3.8, 4) is 0 Å². The highest BCUT2D eigenvalue weighted by atomic mass is 16.8. The third kappa shape index (κ3) is 5.12. The second kappa shape index (κ2) is 6.06. The maximum atomic E-state index is 11.0. The summed E-state index contributed by atoms with van der Waals surface area (Å²) in [4.78, 5) is 31.5. The van der Waals surface area contributed by atoms with Crippen molar-refractivity contribution >= 4 is 24.4 Å². The quantitative estimate of drug-likeness (QED) is 0.480. The van der Waals surface area contributed by atoms with Crippen molar-refractivity contribution in [1.82, 2.24) is 0 Å². The first-order chi connectivity index (χ1) is 8.08. The molecule has 0 aromatic heterocycles. The van der Waals surface area contributed by atoms with Gasteiger partial charge in [-0.3, -0.25) is 0 Å². The lowest BCUT2D eigenvalue weighted by Crippen LogP contribution is -2.14. The molecule has 0 aliphatic heterocycles. The summed E-state index contributed by atoms with van der Waals surface area (Å²) in [5.41, 5.74) is 0.732. The molecule has 1 aromatic rings. The lowest BCUT2D eigenvalue weighted by atomic mass is 10.2. The smallest absolute Gasteiger partial charge is 0.449 e. The standard InChI is InChI=1S/C11H8O6/c12-9(16-11(15)17-10(13)14)7-6-8-4-2-1-3-5-8/h1-7H,(H,13,14)/b7-6+. The molecule has 1 rings (SSSR count). The first-order valence-corrected chi connectivity index (χ1v) is 4.47. The van der Waals surface area contributed by atoms with E-state index in [1.165, 1.54) is 6.08 Å². The highest BCUT2D eigenvalue weighted by Crippen LogP contribution is 2.01. The van der Waals surface area contributed by atoms with Crippen LogP contribution >= 0.6 is 0 Å². The molecule has 0 atom stereocenters. The van der Waals surface area contributed by atoms with Gasteiger partial charge in [-0.1, -0.05) is 30.3 Å². The molecule has 0 aliphatic carbocycles. The van der Waals surface area contributed by atoms with Gasteiger partial charge in [0.05, 0.1) is 0 Å². The second-order valence-electron chi connectivity index (χ2n) is 2.78. The fourth-order valence-corrected chi connectivity index (χ4v) is 0.937. The van der Waals surface area contributed by atoms with Gasteiger partial charge in [0, 0.05) is 6.08 Å². The van der Waals surface area contributed by atoms with Crippen molar-refractivity contribution in [3.05, 3.63) is 42.0 Å². The number of rotatable bonds is 2. The minimum Gasteiger partial charge on any atom is -0.449 e. The lowest BCUT2D eigenvalue weighted by Gasteiger charge is -1.96. The zero-order valence-corrected chi connectivity index (χ0v) is 8.53. The van der Waals surface area contributed by atoms with E-state index < -0.39 is 18.3 Å². The Hall–Kier alpha value is -2.63. The molecule has 0 unspecified atom stereocenters. The van der Waals surface area contributed by atoms with Gasteiger partial charge in [-0.15, -0.1) is 0 Å². The third-order valence-corrected chi connectivity index (χ3v) is 1.57. The Labute approximate surface area is 96.1 Å². The summed E-state index contributed by atoms with van der Waals surface area (Å²) in [6, 6.07) is 8.81. The molecule has 88 valence electrons. The van der Waals surface area contributed by atoms with Gasteiger partial charge >= 0.3 is 18.3 Å². The maximum absolute atomic E-state index is 11.0. The van der Waals surface area contributed by atoms with Gasteiger partial charge in [0.1, 0.15) is 0 Å². The Morgan fingerprint density at radius 2 is 1.71 bits per heavy atom. The van der Waals surface area contributed by atoms with Crippen molar-refractivity contribution in [2.24, 2.45) is 0 Å². The molecule has 0 fully saturated rings. The van der Waals surface area contributed by atoms with E-state index in [4.69, 9.17) is 5.11 Å². The first-order valence-electron chi connectivity index (χ1n) is 4.47. The van der Waals surface area contributed by atoms with Gasteiger partial charge in [0.2, 0.25) is 0 Å². The molecule has 17 heavy (non-hydrogen) atoms. The predicted octanol–water partition coefficient (Wildman–Crippen LogP) is 2.06. The Kier molecular flexibility index (Phi) is 4.44. The molecule has 6 heteroatoms. The molecule has 0 radical (unpaired) electrons. The van der Waals surface area contributed by atoms with E-state index >= 15 is 0 Å². The molecule has 0 bridgehead atoms. The summed E-state index contributed by atoms with van der Waals surface area (Å²) in [6.07, 6.45) is -1.02. The monoisotopic (exact) mass is 236 g/mol. The Balaban J connectivity index is 2.47. The van der Waals surface area contributed by atoms with Crippen molar-refractivity contribution in [2.45, 2.75) is 0 Å². The van der Waals surface area contributed by atoms with E-state index in [0.29, 0.717) is 0 Å². The van der Waals surface area contributed by atoms with E-state index in [2.05, 4.69) is 9.47 Å². The molecule has 0 heterocycles. The Morgan fingerprint density at radius 3 is 2.29 bits per heavy atom. The molecule has 0 amide bonds. The summed E-state index contributed by atoms with van der Waals surface area (Å²) >= 11 is 0. The normalized spacial score (nSPS) is 9.88. The van der Waals surface area contributed by atoms with Crippen LogP contribution in [0.5, 0.6) is 0 Å². The van der Waals surface area contributed by atoms with E-state index in [1.807, 2.05) is 0 Å². The van der Waals surface area contributed by atoms with E-state index in [-0.39, 0.29) is 0 Å². The zero-order chi connectivity index (χ0) is 12.7. The lowest BCUT2D eigenvalue weighted by molar-refractivity contribution is -0.133. The molecule has 6 nitrogen and oxygen atoms in total. The largest absolute Gasteiger partial charge is 0.526 e. The number of carbonyl (C=O) groups is 3. The van der Waals surface area contributed by atoms with Crippen LogP contribution in [0.1, 0.15) is 5.56 Å². The van der Waals surface area contributed by atoms with Crippen LogP contribution in [0.15, 0.2) is 36.4 Å². The number of ether oxygens (including phenoxy) is 2. The van der Waals surface area contributed by atoms with Crippen molar-refractivity contribution in [2.75, 3.05) is 0 Å². The second-order valence-corrected chi connectivity index (χ2v) is 2.78. The Morgan fingerprint density at radius 1 is 1.06 bits per heavy atom. The SMILES string of the molecule is O=C(O)OC(=O)OC(=O)/C=C/c1ccccc1. The maximum Gasteiger partial charge on any atom is 0.526 e. The van der Waals surface area contributed by atoms with Crippen LogP contribution in [0.2, 0.25) is 0 Å². The summed E-state index contributed by atoms with van der Waals surface area (Å²) < 4.78 is 7.59. The average Bonchev–Trinajstić information content (AvgIpc) is 2.26. The topological polar surface area (TPSA) is 89.9 Å². The average molecular weight is 236 g/mol. The van der Waals surface area contributed by atoms with Gasteiger partial charge in [-0.2, -0.15) is 0 Å². The number of benzene rings is 1. The van der Waals surface area contributed by atoms with Crippen molar-refractivity contribution in [1.29, 1.82) is 0 Å². The van der Waals surface area contributed by atoms with Crippen LogP contribution < -0.4 is 0 Å². The highest BCUT2D eigenvalue weighted by Gasteiger charge is 2.12. The number of hydrogen-bond donors (Lipinski definition) is 1. The van der Waals surface area contributed by atoms with Gasteiger partial charge in [0.15, 0.2) is 0 Å². The number of carboxylic acid groups (broad SMARTS) is 1. The number of hydrogen-bond acceptors (Lipinski definition) is 5.